The van der Waals surface area contributed by atoms with Crippen LogP contribution in [-0.4, -0.2) is 33.4 Å². The fourth-order valence-electron chi connectivity index (χ4n) is 1.51. The molecule has 6 nitrogen and oxygen atoms in total. The van der Waals surface area contributed by atoms with Crippen molar-refractivity contribution in [3.63, 3.8) is 0 Å². The zero-order valence-electron chi connectivity index (χ0n) is 12.4. The second-order valence-corrected chi connectivity index (χ2v) is 7.87. The third kappa shape index (κ3) is 4.17. The van der Waals surface area contributed by atoms with E-state index in [1.807, 2.05) is 13.8 Å². The predicted molar refractivity (Wildman–Crippen MR) is 80.6 cm³/mol. The van der Waals surface area contributed by atoms with Gasteiger partial charge in [0.15, 0.2) is 9.34 Å². The second-order valence-electron chi connectivity index (χ2n) is 5.01. The zero-order chi connectivity index (χ0) is 15.5. The number of aryl methyl sites for hydroxylation is 1. The Morgan fingerprint density at radius 3 is 2.50 bits per heavy atom. The fourth-order valence-corrected chi connectivity index (χ4v) is 3.93. The molecule has 0 saturated carbocycles. The van der Waals surface area contributed by atoms with E-state index >= 15 is 0 Å². The first kappa shape index (κ1) is 16.9. The minimum absolute atomic E-state index is 0.0960. The number of hydrogen-bond donors (Lipinski definition) is 1. The fraction of sp³-hybridized carbons (Fsp3) is 0.667. The van der Waals surface area contributed by atoms with Crippen LogP contribution in [0.2, 0.25) is 0 Å². The van der Waals surface area contributed by atoms with Crippen LogP contribution in [0.1, 0.15) is 32.4 Å². The van der Waals surface area contributed by atoms with Crippen LogP contribution < -0.4 is 9.62 Å². The van der Waals surface area contributed by atoms with Crippen molar-refractivity contribution in [3.05, 3.63) is 5.69 Å². The summed E-state index contributed by atoms with van der Waals surface area (Å²) in [7, 11) is -0.251. The Bertz CT molecular complexity index is 579. The number of carbonyl (C=O) groups is 1. The Morgan fingerprint density at radius 2 is 2.05 bits per heavy atom. The molecule has 1 rings (SSSR count). The van der Waals surface area contributed by atoms with Gasteiger partial charge in [-0.2, -0.15) is 0 Å². The monoisotopic (exact) mass is 319 g/mol. The second kappa shape index (κ2) is 6.53. The van der Waals surface area contributed by atoms with Crippen molar-refractivity contribution in [2.24, 2.45) is 5.92 Å². The van der Waals surface area contributed by atoms with Gasteiger partial charge in [-0.25, -0.2) is 18.1 Å². The van der Waals surface area contributed by atoms with E-state index < -0.39 is 15.9 Å². The summed E-state index contributed by atoms with van der Waals surface area (Å²) in [5.74, 6) is -0.316. The van der Waals surface area contributed by atoms with Gasteiger partial charge in [-0.3, -0.25) is 4.79 Å². The molecule has 0 aliphatic carbocycles. The van der Waals surface area contributed by atoms with Crippen molar-refractivity contribution >= 4 is 32.4 Å². The normalized spacial score (nSPS) is 13.1. The Labute approximate surface area is 124 Å². The summed E-state index contributed by atoms with van der Waals surface area (Å²) in [5.41, 5.74) is 0.405. The molecule has 0 bridgehead atoms. The number of rotatable bonds is 6. The van der Waals surface area contributed by atoms with E-state index in [0.29, 0.717) is 10.8 Å². The van der Waals surface area contributed by atoms with E-state index in [4.69, 9.17) is 0 Å². The number of carbonyl (C=O) groups excluding carboxylic acids is 1. The van der Waals surface area contributed by atoms with Crippen LogP contribution in [0.15, 0.2) is 4.21 Å². The van der Waals surface area contributed by atoms with Gasteiger partial charge < -0.3 is 4.90 Å². The van der Waals surface area contributed by atoms with E-state index in [1.165, 1.54) is 0 Å². The molecule has 8 heteroatoms. The van der Waals surface area contributed by atoms with Crippen LogP contribution in [0.25, 0.3) is 0 Å². The maximum absolute atomic E-state index is 12.2. The van der Waals surface area contributed by atoms with Gasteiger partial charge in [-0.1, -0.05) is 31.6 Å². The van der Waals surface area contributed by atoms with E-state index in [-0.39, 0.29) is 16.5 Å². The molecule has 0 spiro atoms. The number of anilines is 1. The number of aromatic nitrogens is 1. The van der Waals surface area contributed by atoms with Gasteiger partial charge in [-0.05, 0) is 12.8 Å². The van der Waals surface area contributed by atoms with Crippen molar-refractivity contribution < 1.29 is 13.2 Å². The van der Waals surface area contributed by atoms with E-state index in [2.05, 4.69) is 9.71 Å². The van der Waals surface area contributed by atoms with E-state index in [0.717, 1.165) is 17.8 Å². The van der Waals surface area contributed by atoms with Crippen LogP contribution in [0.3, 0.4) is 0 Å². The number of nitrogens with zero attached hydrogens (tertiary/aromatic N) is 2. The highest BCUT2D eigenvalue weighted by Crippen LogP contribution is 2.28. The average Bonchev–Trinajstić information content (AvgIpc) is 2.71. The third-order valence-electron chi connectivity index (χ3n) is 2.85. The summed E-state index contributed by atoms with van der Waals surface area (Å²) in [6, 6.07) is 0. The minimum atomic E-state index is -3.83. The van der Waals surface area contributed by atoms with E-state index in [1.54, 1.807) is 25.9 Å². The first-order valence-electron chi connectivity index (χ1n) is 6.37. The zero-order valence-corrected chi connectivity index (χ0v) is 14.1. The van der Waals surface area contributed by atoms with Crippen molar-refractivity contribution in [1.82, 2.24) is 9.71 Å². The predicted octanol–water partition coefficient (Wildman–Crippen LogP) is 1.76. The first-order valence-corrected chi connectivity index (χ1v) is 8.67. The molecular formula is C12H21N3O3S2. The van der Waals surface area contributed by atoms with Gasteiger partial charge in [0.25, 0.3) is 10.0 Å². The molecule has 0 aromatic carbocycles. The summed E-state index contributed by atoms with van der Waals surface area (Å²) < 4.78 is 26.6. The Kier molecular flexibility index (Phi) is 5.52. The van der Waals surface area contributed by atoms with Gasteiger partial charge in [0, 0.05) is 20.5 Å². The highest BCUT2D eigenvalue weighted by Gasteiger charge is 2.25. The molecular weight excluding hydrogens is 298 g/mol. The molecule has 0 aliphatic heterocycles. The lowest BCUT2D eigenvalue weighted by molar-refractivity contribution is -0.120. The topological polar surface area (TPSA) is 79.4 Å². The molecule has 0 aliphatic rings. The van der Waals surface area contributed by atoms with Gasteiger partial charge in [0.2, 0.25) is 5.91 Å². The molecule has 1 N–H and O–H groups in total. The first-order chi connectivity index (χ1) is 9.17. The van der Waals surface area contributed by atoms with Gasteiger partial charge in [-0.15, -0.1) is 0 Å². The standard InChI is InChI=1S/C12H21N3O3S2/c1-6-8(2)7-10(16)14-20(17,18)11-9(3)13-12(19-11)15(4)5/h8H,6-7H2,1-5H3,(H,14,16). The van der Waals surface area contributed by atoms with Crippen molar-refractivity contribution in [3.8, 4) is 0 Å². The number of thiazole rings is 1. The lowest BCUT2D eigenvalue weighted by Gasteiger charge is -2.09. The average molecular weight is 319 g/mol. The maximum Gasteiger partial charge on any atom is 0.275 e. The Hall–Kier alpha value is -1.15. The smallest absolute Gasteiger partial charge is 0.275 e. The number of nitrogens with one attached hydrogen (secondary N) is 1. The highest BCUT2D eigenvalue weighted by atomic mass is 32.2. The quantitative estimate of drug-likeness (QED) is 0.864. The Morgan fingerprint density at radius 1 is 1.45 bits per heavy atom. The lowest BCUT2D eigenvalue weighted by atomic mass is 10.1. The maximum atomic E-state index is 12.2. The summed E-state index contributed by atoms with van der Waals surface area (Å²) in [5, 5.41) is 0.595. The minimum Gasteiger partial charge on any atom is -0.354 e. The SMILES string of the molecule is CCC(C)CC(=O)NS(=O)(=O)c1sc(N(C)C)nc1C. The largest absolute Gasteiger partial charge is 0.354 e. The highest BCUT2D eigenvalue weighted by molar-refractivity contribution is 7.92. The van der Waals surface area contributed by atoms with Gasteiger partial charge in [0.05, 0.1) is 5.69 Å². The molecule has 1 aromatic heterocycles. The summed E-state index contributed by atoms with van der Waals surface area (Å²) in [4.78, 5) is 17.6. The number of hydrogen-bond acceptors (Lipinski definition) is 6. The van der Waals surface area contributed by atoms with Crippen LogP contribution in [0.5, 0.6) is 0 Å². The number of sulfonamides is 1. The van der Waals surface area contributed by atoms with Crippen molar-refractivity contribution in [1.29, 1.82) is 0 Å². The van der Waals surface area contributed by atoms with Gasteiger partial charge >= 0.3 is 0 Å². The van der Waals surface area contributed by atoms with Gasteiger partial charge in [0.1, 0.15) is 0 Å². The lowest BCUT2D eigenvalue weighted by Crippen LogP contribution is -2.31. The molecule has 0 fully saturated rings. The molecule has 1 heterocycles. The summed E-state index contributed by atoms with van der Waals surface area (Å²) in [6.07, 6.45) is 1.03. The molecule has 1 amide bonds. The van der Waals surface area contributed by atoms with Crippen molar-refractivity contribution in [2.45, 2.75) is 37.8 Å². The molecule has 0 radical (unpaired) electrons. The molecule has 20 heavy (non-hydrogen) atoms. The summed E-state index contributed by atoms with van der Waals surface area (Å²) in [6.45, 7) is 5.49. The van der Waals surface area contributed by atoms with Crippen LogP contribution >= 0.6 is 11.3 Å². The molecule has 114 valence electrons. The van der Waals surface area contributed by atoms with Crippen LogP contribution in [-0.2, 0) is 14.8 Å². The molecule has 1 unspecified atom stereocenters. The summed E-state index contributed by atoms with van der Waals surface area (Å²) >= 11 is 1.05. The van der Waals surface area contributed by atoms with Crippen LogP contribution in [0, 0.1) is 12.8 Å². The molecule has 1 aromatic rings. The van der Waals surface area contributed by atoms with Crippen LogP contribution in [0.4, 0.5) is 5.13 Å². The molecule has 1 atom stereocenters. The molecule has 0 saturated heterocycles. The van der Waals surface area contributed by atoms with E-state index in [9.17, 15) is 13.2 Å². The number of amides is 1. The Balaban J connectivity index is 2.91. The van der Waals surface area contributed by atoms with Crippen molar-refractivity contribution in [2.75, 3.05) is 19.0 Å². The third-order valence-corrected chi connectivity index (χ3v) is 6.16.